The van der Waals surface area contributed by atoms with Crippen molar-refractivity contribution in [3.8, 4) is 0 Å². The van der Waals surface area contributed by atoms with Gasteiger partial charge in [-0.15, -0.1) is 0 Å². The molecule has 0 saturated heterocycles. The number of rotatable bonds is 14. The van der Waals surface area contributed by atoms with Crippen LogP contribution in [0, 0.1) is 0 Å². The number of nitrogens with zero attached hydrogens (tertiary/aromatic N) is 1. The van der Waals surface area contributed by atoms with Crippen molar-refractivity contribution in [1.82, 2.24) is 4.90 Å². The van der Waals surface area contributed by atoms with Crippen molar-refractivity contribution in [2.45, 2.75) is 46.3 Å². The first-order chi connectivity index (χ1) is 13.7. The third-order valence-electron chi connectivity index (χ3n) is 4.55. The predicted molar refractivity (Wildman–Crippen MR) is 117 cm³/mol. The van der Waals surface area contributed by atoms with Gasteiger partial charge in [0.25, 0.3) is 0 Å². The highest BCUT2D eigenvalue weighted by Crippen LogP contribution is 2.20. The summed E-state index contributed by atoms with van der Waals surface area (Å²) in [4.78, 5) is 2.49. The van der Waals surface area contributed by atoms with Crippen molar-refractivity contribution in [2.75, 3.05) is 26.4 Å². The van der Waals surface area contributed by atoms with Crippen molar-refractivity contribution in [1.29, 1.82) is 0 Å². The average Bonchev–Trinajstić information content (AvgIpc) is 2.70. The Labute approximate surface area is 171 Å². The maximum atomic E-state index is 6.00. The van der Waals surface area contributed by atoms with Gasteiger partial charge < -0.3 is 13.3 Å². The average molecular weight is 402 g/mol. The molecule has 0 unspecified atom stereocenters. The van der Waals surface area contributed by atoms with Crippen molar-refractivity contribution in [3.63, 3.8) is 0 Å². The summed E-state index contributed by atoms with van der Waals surface area (Å²) >= 11 is 0. The van der Waals surface area contributed by atoms with Gasteiger partial charge in [-0.1, -0.05) is 60.7 Å². The molecule has 0 fully saturated rings. The van der Waals surface area contributed by atoms with Gasteiger partial charge in [0.2, 0.25) is 0 Å². The van der Waals surface area contributed by atoms with Crippen LogP contribution in [0.25, 0.3) is 0 Å². The van der Waals surface area contributed by atoms with Crippen LogP contribution in [0.1, 0.15) is 38.3 Å². The lowest BCUT2D eigenvalue weighted by Gasteiger charge is -2.30. The van der Waals surface area contributed by atoms with Crippen molar-refractivity contribution >= 4 is 8.80 Å². The highest BCUT2D eigenvalue weighted by molar-refractivity contribution is 6.60. The molecule has 2 rings (SSSR count). The van der Waals surface area contributed by atoms with E-state index >= 15 is 0 Å². The van der Waals surface area contributed by atoms with E-state index in [1.807, 2.05) is 20.8 Å². The summed E-state index contributed by atoms with van der Waals surface area (Å²) in [5.74, 6) is 0. The zero-order valence-electron chi connectivity index (χ0n) is 17.6. The largest absolute Gasteiger partial charge is 0.500 e. The summed E-state index contributed by atoms with van der Waals surface area (Å²) < 4.78 is 18.0. The van der Waals surface area contributed by atoms with Crippen LogP contribution in [0.15, 0.2) is 60.7 Å². The minimum Gasteiger partial charge on any atom is -0.374 e. The highest BCUT2D eigenvalue weighted by Gasteiger charge is 2.39. The van der Waals surface area contributed by atoms with Gasteiger partial charge in [-0.05, 0) is 44.9 Å². The SMILES string of the molecule is CCO[Si](CCCN(Cc1ccccc1)Cc1ccccc1)(OCC)OCC. The van der Waals surface area contributed by atoms with E-state index in [0.717, 1.165) is 32.1 Å². The van der Waals surface area contributed by atoms with Crippen LogP contribution in [-0.2, 0) is 26.4 Å². The smallest absolute Gasteiger partial charge is 0.374 e. The predicted octanol–water partition coefficient (Wildman–Crippen LogP) is 5.13. The van der Waals surface area contributed by atoms with Crippen LogP contribution in [0.4, 0.5) is 0 Å². The van der Waals surface area contributed by atoms with Gasteiger partial charge in [0.1, 0.15) is 0 Å². The Kier molecular flexibility index (Phi) is 10.5. The molecule has 2 aromatic carbocycles. The van der Waals surface area contributed by atoms with E-state index in [-0.39, 0.29) is 0 Å². The van der Waals surface area contributed by atoms with E-state index in [1.54, 1.807) is 0 Å². The van der Waals surface area contributed by atoms with Gasteiger partial charge in [0.15, 0.2) is 0 Å². The Morgan fingerprint density at radius 2 is 1.11 bits per heavy atom. The van der Waals surface area contributed by atoms with E-state index in [9.17, 15) is 0 Å². The Bertz CT molecular complexity index is 580. The first-order valence-electron chi connectivity index (χ1n) is 10.4. The Hall–Kier alpha value is -1.50. The third kappa shape index (κ3) is 7.85. The first-order valence-corrected chi connectivity index (χ1v) is 12.4. The van der Waals surface area contributed by atoms with Crippen LogP contribution < -0.4 is 0 Å². The minimum absolute atomic E-state index is 0.629. The van der Waals surface area contributed by atoms with Gasteiger partial charge in [-0.3, -0.25) is 4.90 Å². The second-order valence-electron chi connectivity index (χ2n) is 6.77. The molecule has 0 N–H and O–H groups in total. The van der Waals surface area contributed by atoms with Crippen LogP contribution in [0.2, 0.25) is 6.04 Å². The Balaban J connectivity index is 2.01. The van der Waals surface area contributed by atoms with Crippen LogP contribution in [0.5, 0.6) is 0 Å². The molecule has 0 radical (unpaired) electrons. The van der Waals surface area contributed by atoms with Crippen molar-refractivity contribution < 1.29 is 13.3 Å². The molecule has 0 bridgehead atoms. The van der Waals surface area contributed by atoms with Crippen LogP contribution in [-0.4, -0.2) is 40.1 Å². The molecular formula is C23H35NO3Si. The van der Waals surface area contributed by atoms with E-state index < -0.39 is 8.80 Å². The van der Waals surface area contributed by atoms with E-state index in [2.05, 4.69) is 65.6 Å². The lowest BCUT2D eigenvalue weighted by molar-refractivity contribution is 0.0697. The fourth-order valence-corrected chi connectivity index (χ4v) is 6.01. The molecule has 0 heterocycles. The molecule has 5 heteroatoms. The quantitative estimate of drug-likeness (QED) is 0.411. The minimum atomic E-state index is -2.57. The van der Waals surface area contributed by atoms with Gasteiger partial charge in [-0.25, -0.2) is 0 Å². The standard InChI is InChI=1S/C23H35NO3Si/c1-4-25-28(26-5-2,27-6-3)19-13-18-24(20-22-14-9-7-10-15-22)21-23-16-11-8-12-17-23/h7-12,14-17H,4-6,13,18-21H2,1-3H3. The summed E-state index contributed by atoms with van der Waals surface area (Å²) in [5.41, 5.74) is 2.67. The normalized spacial score (nSPS) is 11.9. The highest BCUT2D eigenvalue weighted by atomic mass is 28.4. The molecule has 0 saturated carbocycles. The third-order valence-corrected chi connectivity index (χ3v) is 7.70. The summed E-state index contributed by atoms with van der Waals surface area (Å²) in [7, 11) is -2.57. The van der Waals surface area contributed by atoms with E-state index in [1.165, 1.54) is 11.1 Å². The summed E-state index contributed by atoms with van der Waals surface area (Å²) in [5, 5.41) is 0. The molecule has 28 heavy (non-hydrogen) atoms. The first kappa shape index (κ1) is 22.8. The zero-order valence-corrected chi connectivity index (χ0v) is 18.6. The van der Waals surface area contributed by atoms with Gasteiger partial charge in [0, 0.05) is 39.0 Å². The topological polar surface area (TPSA) is 30.9 Å². The van der Waals surface area contributed by atoms with E-state index in [0.29, 0.717) is 19.8 Å². The Morgan fingerprint density at radius 3 is 1.50 bits per heavy atom. The van der Waals surface area contributed by atoms with Gasteiger partial charge in [0.05, 0.1) is 0 Å². The van der Waals surface area contributed by atoms with Crippen molar-refractivity contribution in [3.05, 3.63) is 71.8 Å². The van der Waals surface area contributed by atoms with Gasteiger partial charge in [-0.2, -0.15) is 0 Å². The number of benzene rings is 2. The summed E-state index contributed by atoms with van der Waals surface area (Å²) in [6, 6.07) is 22.2. The Morgan fingerprint density at radius 1 is 0.679 bits per heavy atom. The summed E-state index contributed by atoms with van der Waals surface area (Å²) in [6.45, 7) is 10.8. The molecule has 0 amide bonds. The fourth-order valence-electron chi connectivity index (χ4n) is 3.42. The van der Waals surface area contributed by atoms with Crippen LogP contribution >= 0.6 is 0 Å². The van der Waals surface area contributed by atoms with Crippen LogP contribution in [0.3, 0.4) is 0 Å². The second-order valence-corrected chi connectivity index (χ2v) is 9.50. The summed E-state index contributed by atoms with van der Waals surface area (Å²) in [6.07, 6.45) is 0.992. The molecule has 4 nitrogen and oxygen atoms in total. The maximum absolute atomic E-state index is 6.00. The van der Waals surface area contributed by atoms with E-state index in [4.69, 9.17) is 13.3 Å². The molecule has 0 aliphatic heterocycles. The molecule has 0 aromatic heterocycles. The molecule has 0 atom stereocenters. The molecule has 154 valence electrons. The molecular weight excluding hydrogens is 366 g/mol. The lowest BCUT2D eigenvalue weighted by atomic mass is 10.1. The number of hydrogen-bond donors (Lipinski definition) is 0. The second kappa shape index (κ2) is 12.9. The van der Waals surface area contributed by atoms with Crippen molar-refractivity contribution in [2.24, 2.45) is 0 Å². The zero-order chi connectivity index (χ0) is 20.1. The lowest BCUT2D eigenvalue weighted by Crippen LogP contribution is -2.46. The monoisotopic (exact) mass is 401 g/mol. The number of hydrogen-bond acceptors (Lipinski definition) is 4. The maximum Gasteiger partial charge on any atom is 0.500 e. The molecule has 0 spiro atoms. The fraction of sp³-hybridized carbons (Fsp3) is 0.478. The molecule has 0 aliphatic carbocycles. The molecule has 2 aromatic rings. The molecule has 0 aliphatic rings. The van der Waals surface area contributed by atoms with Gasteiger partial charge >= 0.3 is 8.80 Å².